The summed E-state index contributed by atoms with van der Waals surface area (Å²) in [5.41, 5.74) is 0.940. The first-order valence-electron chi connectivity index (χ1n) is 6.30. The third-order valence-corrected chi connectivity index (χ3v) is 4.62. The zero-order valence-electron chi connectivity index (χ0n) is 10.5. The Bertz CT molecular complexity index is 462. The lowest BCUT2D eigenvalue weighted by Crippen LogP contribution is -3.15. The summed E-state index contributed by atoms with van der Waals surface area (Å²) in [6.07, 6.45) is 0. The standard InChI is InChI=1S/C13H16Cl2N2OS/c14-11-2-1-10(9-12(11)15)13(19)17-5-3-16(4-6-17)7-8-18/h1-2,9,18H,3-8H2/p+1. The van der Waals surface area contributed by atoms with E-state index in [-0.39, 0.29) is 6.61 Å². The largest absolute Gasteiger partial charge is 0.391 e. The molecule has 1 aromatic rings. The van der Waals surface area contributed by atoms with Gasteiger partial charge in [0, 0.05) is 5.56 Å². The van der Waals surface area contributed by atoms with Crippen molar-refractivity contribution in [3.8, 4) is 0 Å². The molecule has 2 rings (SSSR count). The van der Waals surface area contributed by atoms with E-state index in [4.69, 9.17) is 40.5 Å². The first-order valence-corrected chi connectivity index (χ1v) is 7.47. The number of aliphatic hydroxyl groups is 1. The van der Waals surface area contributed by atoms with E-state index in [0.717, 1.165) is 43.3 Å². The van der Waals surface area contributed by atoms with E-state index < -0.39 is 0 Å². The molecule has 0 amide bonds. The van der Waals surface area contributed by atoms with Crippen molar-refractivity contribution in [1.29, 1.82) is 0 Å². The lowest BCUT2D eigenvalue weighted by molar-refractivity contribution is -0.904. The highest BCUT2D eigenvalue weighted by Gasteiger charge is 2.22. The van der Waals surface area contributed by atoms with Crippen molar-refractivity contribution in [2.75, 3.05) is 39.3 Å². The van der Waals surface area contributed by atoms with Crippen molar-refractivity contribution < 1.29 is 10.0 Å². The van der Waals surface area contributed by atoms with Crippen LogP contribution in [0.25, 0.3) is 0 Å². The lowest BCUT2D eigenvalue weighted by atomic mass is 10.2. The van der Waals surface area contributed by atoms with Crippen LogP contribution in [-0.2, 0) is 0 Å². The first kappa shape index (κ1) is 15.0. The molecule has 0 radical (unpaired) electrons. The number of hydrogen-bond donors (Lipinski definition) is 2. The lowest BCUT2D eigenvalue weighted by Gasteiger charge is -2.33. The van der Waals surface area contributed by atoms with E-state index >= 15 is 0 Å². The summed E-state index contributed by atoms with van der Waals surface area (Å²) in [7, 11) is 0. The number of benzene rings is 1. The summed E-state index contributed by atoms with van der Waals surface area (Å²) >= 11 is 17.4. The van der Waals surface area contributed by atoms with Crippen molar-refractivity contribution in [3.63, 3.8) is 0 Å². The molecule has 1 aliphatic heterocycles. The third kappa shape index (κ3) is 3.80. The Morgan fingerprint density at radius 3 is 2.53 bits per heavy atom. The van der Waals surface area contributed by atoms with Crippen LogP contribution in [-0.4, -0.2) is 54.3 Å². The van der Waals surface area contributed by atoms with E-state index in [2.05, 4.69) is 4.90 Å². The molecule has 1 saturated heterocycles. The highest BCUT2D eigenvalue weighted by molar-refractivity contribution is 7.80. The van der Waals surface area contributed by atoms with Gasteiger partial charge in [0.2, 0.25) is 0 Å². The molecule has 1 aromatic carbocycles. The van der Waals surface area contributed by atoms with Crippen molar-refractivity contribution in [1.82, 2.24) is 4.90 Å². The minimum atomic E-state index is 0.243. The summed E-state index contributed by atoms with van der Waals surface area (Å²) in [6, 6.07) is 5.50. The van der Waals surface area contributed by atoms with Crippen LogP contribution in [0.5, 0.6) is 0 Å². The van der Waals surface area contributed by atoms with Crippen LogP contribution in [0.4, 0.5) is 0 Å². The molecule has 0 spiro atoms. The van der Waals surface area contributed by atoms with Crippen molar-refractivity contribution in [2.45, 2.75) is 0 Å². The normalized spacial score (nSPS) is 16.7. The molecule has 104 valence electrons. The van der Waals surface area contributed by atoms with E-state index in [9.17, 15) is 0 Å². The predicted molar refractivity (Wildman–Crippen MR) is 82.4 cm³/mol. The van der Waals surface area contributed by atoms with Gasteiger partial charge in [-0.3, -0.25) is 0 Å². The smallest absolute Gasteiger partial charge is 0.109 e. The van der Waals surface area contributed by atoms with Crippen LogP contribution in [0.3, 0.4) is 0 Å². The van der Waals surface area contributed by atoms with Gasteiger partial charge >= 0.3 is 0 Å². The first-order chi connectivity index (χ1) is 9.11. The molecule has 1 heterocycles. The minimum Gasteiger partial charge on any atom is -0.391 e. The van der Waals surface area contributed by atoms with Crippen LogP contribution in [0.15, 0.2) is 18.2 Å². The summed E-state index contributed by atoms with van der Waals surface area (Å²) < 4.78 is 0. The Labute approximate surface area is 128 Å². The number of nitrogens with zero attached hydrogens (tertiary/aromatic N) is 1. The average molecular weight is 320 g/mol. The molecule has 19 heavy (non-hydrogen) atoms. The van der Waals surface area contributed by atoms with E-state index in [1.165, 1.54) is 4.90 Å². The molecule has 1 aliphatic rings. The number of rotatable bonds is 3. The number of thiocarbonyl (C=S) groups is 1. The third-order valence-electron chi connectivity index (χ3n) is 3.39. The van der Waals surface area contributed by atoms with Gasteiger partial charge < -0.3 is 14.9 Å². The van der Waals surface area contributed by atoms with Gasteiger partial charge in [0.15, 0.2) is 0 Å². The SMILES string of the molecule is OCC[NH+]1CCN(C(=S)c2ccc(Cl)c(Cl)c2)CC1. The van der Waals surface area contributed by atoms with Crippen LogP contribution < -0.4 is 4.90 Å². The number of quaternary nitrogens is 1. The van der Waals surface area contributed by atoms with Gasteiger partial charge in [-0.15, -0.1) is 0 Å². The van der Waals surface area contributed by atoms with Crippen molar-refractivity contribution >= 4 is 40.4 Å². The maximum Gasteiger partial charge on any atom is 0.109 e. The highest BCUT2D eigenvalue weighted by Crippen LogP contribution is 2.23. The summed E-state index contributed by atoms with van der Waals surface area (Å²) in [6.45, 7) is 4.88. The monoisotopic (exact) mass is 319 g/mol. The Balaban J connectivity index is 1.99. The molecule has 0 aromatic heterocycles. The predicted octanol–water partition coefficient (Wildman–Crippen LogP) is 0.862. The molecule has 0 unspecified atom stereocenters. The number of aliphatic hydroxyl groups excluding tert-OH is 1. The highest BCUT2D eigenvalue weighted by atomic mass is 35.5. The van der Waals surface area contributed by atoms with Crippen LogP contribution >= 0.6 is 35.4 Å². The summed E-state index contributed by atoms with van der Waals surface area (Å²) in [4.78, 5) is 4.44. The zero-order chi connectivity index (χ0) is 13.8. The van der Waals surface area contributed by atoms with Gasteiger partial charge in [0.1, 0.15) is 11.5 Å². The topological polar surface area (TPSA) is 27.9 Å². The number of hydrogen-bond acceptors (Lipinski definition) is 2. The van der Waals surface area contributed by atoms with Gasteiger partial charge in [0.25, 0.3) is 0 Å². The van der Waals surface area contributed by atoms with E-state index in [1.807, 2.05) is 12.1 Å². The van der Waals surface area contributed by atoms with Gasteiger partial charge in [-0.1, -0.05) is 41.5 Å². The molecular weight excluding hydrogens is 303 g/mol. The minimum absolute atomic E-state index is 0.243. The molecular formula is C13H17Cl2N2OS+. The Morgan fingerprint density at radius 2 is 1.95 bits per heavy atom. The second-order valence-electron chi connectivity index (χ2n) is 4.64. The van der Waals surface area contributed by atoms with Crippen molar-refractivity contribution in [3.05, 3.63) is 33.8 Å². The number of nitrogens with one attached hydrogen (secondary N) is 1. The zero-order valence-corrected chi connectivity index (χ0v) is 12.9. The summed E-state index contributed by atoms with van der Waals surface area (Å²) in [5.74, 6) is 0. The number of piperazine rings is 1. The van der Waals surface area contributed by atoms with Gasteiger partial charge in [0.05, 0.1) is 42.8 Å². The molecule has 0 bridgehead atoms. The van der Waals surface area contributed by atoms with Gasteiger partial charge in [-0.25, -0.2) is 0 Å². The van der Waals surface area contributed by atoms with Crippen molar-refractivity contribution in [2.24, 2.45) is 0 Å². The fourth-order valence-electron chi connectivity index (χ4n) is 2.25. The fourth-order valence-corrected chi connectivity index (χ4v) is 2.85. The second-order valence-corrected chi connectivity index (χ2v) is 5.85. The Hall–Kier alpha value is -0.390. The summed E-state index contributed by atoms with van der Waals surface area (Å²) in [5, 5.41) is 10.0. The molecule has 2 N–H and O–H groups in total. The molecule has 0 saturated carbocycles. The Morgan fingerprint density at radius 1 is 1.26 bits per heavy atom. The molecule has 0 aliphatic carbocycles. The average Bonchev–Trinajstić information content (AvgIpc) is 2.42. The second kappa shape index (κ2) is 6.86. The van der Waals surface area contributed by atoms with E-state index in [1.54, 1.807) is 6.07 Å². The van der Waals surface area contributed by atoms with Gasteiger partial charge in [-0.2, -0.15) is 0 Å². The quantitative estimate of drug-likeness (QED) is 0.809. The Kier molecular flexibility index (Phi) is 5.42. The molecule has 0 atom stereocenters. The van der Waals surface area contributed by atoms with Crippen LogP contribution in [0, 0.1) is 0 Å². The van der Waals surface area contributed by atoms with Crippen LogP contribution in [0.1, 0.15) is 5.56 Å². The van der Waals surface area contributed by atoms with E-state index in [0.29, 0.717) is 10.0 Å². The molecule has 3 nitrogen and oxygen atoms in total. The number of halogens is 2. The maximum atomic E-state index is 8.94. The maximum absolute atomic E-state index is 8.94. The van der Waals surface area contributed by atoms with Crippen LogP contribution in [0.2, 0.25) is 10.0 Å². The van der Waals surface area contributed by atoms with Gasteiger partial charge in [-0.05, 0) is 12.1 Å². The molecule has 1 fully saturated rings. The molecule has 6 heteroatoms. The fraction of sp³-hybridized carbons (Fsp3) is 0.462.